The van der Waals surface area contributed by atoms with E-state index in [1.165, 1.54) is 12.1 Å². The van der Waals surface area contributed by atoms with Crippen molar-refractivity contribution in [2.24, 2.45) is 0 Å². The Kier molecular flexibility index (Phi) is 2.68. The number of pyridine rings is 1. The van der Waals surface area contributed by atoms with Crippen LogP contribution in [0.5, 0.6) is 0 Å². The molecule has 0 aliphatic carbocycles. The molecule has 1 heterocycles. The molecule has 0 saturated heterocycles. The summed E-state index contributed by atoms with van der Waals surface area (Å²) in [5.74, 6) is -0.290. The molecule has 0 aliphatic heterocycles. The number of hydrogen-bond donors (Lipinski definition) is 1. The van der Waals surface area contributed by atoms with E-state index in [1.807, 2.05) is 0 Å². The second kappa shape index (κ2) is 3.58. The minimum Gasteiger partial charge on any atom is -0.398 e. The minimum atomic E-state index is -0.290. The Morgan fingerprint density at radius 1 is 1.23 bits per heavy atom. The standard InChI is InChI=1S/C9H7FN2.ClH/c10-6-1-2-9-7(5-6)8(11)3-4-12-9;/h1-5H,(H2,11,12);1H. The lowest BCUT2D eigenvalue weighted by molar-refractivity contribution is 0.629. The van der Waals surface area contributed by atoms with Crippen LogP contribution in [0, 0.1) is 5.82 Å². The lowest BCUT2D eigenvalue weighted by Gasteiger charge is -1.99. The lowest BCUT2D eigenvalue weighted by Crippen LogP contribution is -1.88. The number of fused-ring (bicyclic) bond motifs is 1. The van der Waals surface area contributed by atoms with E-state index in [4.69, 9.17) is 5.73 Å². The van der Waals surface area contributed by atoms with Crippen molar-refractivity contribution in [2.75, 3.05) is 5.73 Å². The Labute approximate surface area is 81.0 Å². The van der Waals surface area contributed by atoms with Gasteiger partial charge in [0.25, 0.3) is 0 Å². The Morgan fingerprint density at radius 3 is 2.77 bits per heavy atom. The van der Waals surface area contributed by atoms with Gasteiger partial charge in [-0.15, -0.1) is 12.4 Å². The number of benzene rings is 1. The summed E-state index contributed by atoms with van der Waals surface area (Å²) in [6.07, 6.45) is 1.61. The van der Waals surface area contributed by atoms with Crippen LogP contribution in [-0.4, -0.2) is 4.98 Å². The topological polar surface area (TPSA) is 38.9 Å². The molecular formula is C9H8ClFN2. The molecule has 0 atom stereocenters. The summed E-state index contributed by atoms with van der Waals surface area (Å²) in [5, 5.41) is 0.664. The quantitative estimate of drug-likeness (QED) is 0.706. The smallest absolute Gasteiger partial charge is 0.124 e. The Balaban J connectivity index is 0.000000845. The van der Waals surface area contributed by atoms with Gasteiger partial charge in [-0.2, -0.15) is 0 Å². The molecule has 1 aromatic carbocycles. The van der Waals surface area contributed by atoms with Crippen LogP contribution in [0.15, 0.2) is 30.5 Å². The predicted molar refractivity (Wildman–Crippen MR) is 53.4 cm³/mol. The molecule has 0 spiro atoms. The summed E-state index contributed by atoms with van der Waals surface area (Å²) in [4.78, 5) is 4.04. The summed E-state index contributed by atoms with van der Waals surface area (Å²) >= 11 is 0. The number of hydrogen-bond acceptors (Lipinski definition) is 2. The van der Waals surface area contributed by atoms with Crippen molar-refractivity contribution in [3.05, 3.63) is 36.3 Å². The molecule has 1 aromatic heterocycles. The highest BCUT2D eigenvalue weighted by Gasteiger charge is 1.98. The number of nitrogens with two attached hydrogens (primary N) is 1. The van der Waals surface area contributed by atoms with Gasteiger partial charge in [-0.05, 0) is 24.3 Å². The minimum absolute atomic E-state index is 0. The highest BCUT2D eigenvalue weighted by Crippen LogP contribution is 2.18. The van der Waals surface area contributed by atoms with Gasteiger partial charge in [-0.1, -0.05) is 0 Å². The fourth-order valence-corrected chi connectivity index (χ4v) is 1.14. The normalized spacial score (nSPS) is 9.62. The van der Waals surface area contributed by atoms with E-state index in [-0.39, 0.29) is 18.2 Å². The van der Waals surface area contributed by atoms with Gasteiger partial charge < -0.3 is 5.73 Å². The summed E-state index contributed by atoms with van der Waals surface area (Å²) < 4.78 is 12.7. The van der Waals surface area contributed by atoms with Crippen LogP contribution in [0.1, 0.15) is 0 Å². The number of nitrogen functional groups attached to an aromatic ring is 1. The third kappa shape index (κ3) is 1.70. The molecule has 0 radical (unpaired) electrons. The average molecular weight is 199 g/mol. The number of rotatable bonds is 0. The predicted octanol–water partition coefficient (Wildman–Crippen LogP) is 2.38. The van der Waals surface area contributed by atoms with E-state index in [2.05, 4.69) is 4.98 Å². The first-order valence-electron chi connectivity index (χ1n) is 3.57. The van der Waals surface area contributed by atoms with Gasteiger partial charge in [-0.3, -0.25) is 4.98 Å². The molecule has 2 rings (SSSR count). The maximum atomic E-state index is 12.7. The Hall–Kier alpha value is -1.35. The molecule has 0 bridgehead atoms. The SMILES string of the molecule is Cl.Nc1ccnc2ccc(F)cc12. The molecule has 0 saturated carbocycles. The van der Waals surface area contributed by atoms with Crippen molar-refractivity contribution in [1.29, 1.82) is 0 Å². The Bertz CT molecular complexity index is 431. The monoisotopic (exact) mass is 198 g/mol. The highest BCUT2D eigenvalue weighted by molar-refractivity contribution is 5.89. The van der Waals surface area contributed by atoms with Gasteiger partial charge in [0, 0.05) is 17.3 Å². The van der Waals surface area contributed by atoms with Gasteiger partial charge >= 0.3 is 0 Å². The molecule has 0 fully saturated rings. The number of nitrogens with zero attached hydrogens (tertiary/aromatic N) is 1. The first-order valence-corrected chi connectivity index (χ1v) is 3.57. The molecule has 2 aromatic rings. The zero-order chi connectivity index (χ0) is 8.55. The molecular weight excluding hydrogens is 191 g/mol. The third-order valence-corrected chi connectivity index (χ3v) is 1.74. The van der Waals surface area contributed by atoms with E-state index in [0.29, 0.717) is 11.1 Å². The third-order valence-electron chi connectivity index (χ3n) is 1.74. The fourth-order valence-electron chi connectivity index (χ4n) is 1.14. The summed E-state index contributed by atoms with van der Waals surface area (Å²) in [6, 6.07) is 6.02. The van der Waals surface area contributed by atoms with Crippen molar-refractivity contribution in [3.8, 4) is 0 Å². The zero-order valence-electron chi connectivity index (χ0n) is 6.70. The molecule has 4 heteroatoms. The summed E-state index contributed by atoms with van der Waals surface area (Å²) in [6.45, 7) is 0. The largest absolute Gasteiger partial charge is 0.398 e. The molecule has 2 N–H and O–H groups in total. The number of aromatic nitrogens is 1. The van der Waals surface area contributed by atoms with Crippen LogP contribution in [0.4, 0.5) is 10.1 Å². The van der Waals surface area contributed by atoms with E-state index in [1.54, 1.807) is 18.3 Å². The first-order chi connectivity index (χ1) is 5.77. The molecule has 0 amide bonds. The van der Waals surface area contributed by atoms with Gasteiger partial charge in [-0.25, -0.2) is 4.39 Å². The maximum Gasteiger partial charge on any atom is 0.124 e. The van der Waals surface area contributed by atoms with Gasteiger partial charge in [0.2, 0.25) is 0 Å². The van der Waals surface area contributed by atoms with Crippen molar-refractivity contribution >= 4 is 29.0 Å². The average Bonchev–Trinajstić information content (AvgIpc) is 2.07. The summed E-state index contributed by atoms with van der Waals surface area (Å²) in [5.41, 5.74) is 6.89. The van der Waals surface area contributed by atoms with Crippen LogP contribution in [0.2, 0.25) is 0 Å². The summed E-state index contributed by atoms with van der Waals surface area (Å²) in [7, 11) is 0. The number of anilines is 1. The fraction of sp³-hybridized carbons (Fsp3) is 0. The van der Waals surface area contributed by atoms with Crippen molar-refractivity contribution in [1.82, 2.24) is 4.98 Å². The van der Waals surface area contributed by atoms with Gasteiger partial charge in [0.05, 0.1) is 5.52 Å². The van der Waals surface area contributed by atoms with Crippen molar-refractivity contribution in [3.63, 3.8) is 0 Å². The van der Waals surface area contributed by atoms with E-state index >= 15 is 0 Å². The maximum absolute atomic E-state index is 12.7. The lowest BCUT2D eigenvalue weighted by atomic mass is 10.2. The van der Waals surface area contributed by atoms with E-state index in [0.717, 1.165) is 5.52 Å². The zero-order valence-corrected chi connectivity index (χ0v) is 7.51. The van der Waals surface area contributed by atoms with Gasteiger partial charge in [0.1, 0.15) is 5.82 Å². The van der Waals surface area contributed by atoms with Crippen LogP contribution >= 0.6 is 12.4 Å². The molecule has 2 nitrogen and oxygen atoms in total. The van der Waals surface area contributed by atoms with Crippen molar-refractivity contribution < 1.29 is 4.39 Å². The van der Waals surface area contributed by atoms with E-state index in [9.17, 15) is 4.39 Å². The Morgan fingerprint density at radius 2 is 2.00 bits per heavy atom. The van der Waals surface area contributed by atoms with E-state index < -0.39 is 0 Å². The number of halogens is 2. The van der Waals surface area contributed by atoms with Crippen LogP contribution in [-0.2, 0) is 0 Å². The second-order valence-electron chi connectivity index (χ2n) is 2.56. The molecule has 0 aliphatic rings. The second-order valence-corrected chi connectivity index (χ2v) is 2.56. The van der Waals surface area contributed by atoms with Crippen LogP contribution in [0.3, 0.4) is 0 Å². The van der Waals surface area contributed by atoms with Crippen molar-refractivity contribution in [2.45, 2.75) is 0 Å². The molecule has 68 valence electrons. The first kappa shape index (κ1) is 9.74. The highest BCUT2D eigenvalue weighted by atomic mass is 35.5. The molecule has 13 heavy (non-hydrogen) atoms. The van der Waals surface area contributed by atoms with Crippen LogP contribution < -0.4 is 5.73 Å². The molecule has 0 unspecified atom stereocenters. The van der Waals surface area contributed by atoms with Crippen LogP contribution in [0.25, 0.3) is 10.9 Å². The van der Waals surface area contributed by atoms with Gasteiger partial charge in [0.15, 0.2) is 0 Å².